The molecule has 1 fully saturated rings. The van der Waals surface area contributed by atoms with Gasteiger partial charge in [-0.15, -0.1) is 0 Å². The van der Waals surface area contributed by atoms with Gasteiger partial charge in [-0.05, 0) is 73.0 Å². The number of rotatable bonds is 9. The Bertz CT molecular complexity index is 1360. The summed E-state index contributed by atoms with van der Waals surface area (Å²) in [5, 5.41) is 3.48. The van der Waals surface area contributed by atoms with Crippen LogP contribution in [-0.2, 0) is 16.0 Å². The van der Waals surface area contributed by atoms with Crippen LogP contribution in [0.4, 0.5) is 11.4 Å². The molecule has 1 N–H and O–H groups in total. The number of thiocarbonyl (C=S) groups is 1. The van der Waals surface area contributed by atoms with E-state index in [4.69, 9.17) is 33.3 Å². The van der Waals surface area contributed by atoms with Crippen molar-refractivity contribution in [2.24, 2.45) is 0 Å². The van der Waals surface area contributed by atoms with Crippen LogP contribution in [0.2, 0.25) is 5.02 Å². The quantitative estimate of drug-likeness (QED) is 0.235. The number of ether oxygens (including phenoxy) is 2. The fraction of sp³-hybridized carbons (Fsp3) is 0.179. The van der Waals surface area contributed by atoms with Crippen molar-refractivity contribution in [3.05, 3.63) is 87.8 Å². The molecular formula is C28H25ClN2O4S2. The molecule has 0 atom stereocenters. The van der Waals surface area contributed by atoms with Gasteiger partial charge in [-0.1, -0.05) is 66.8 Å². The minimum atomic E-state index is -0.265. The summed E-state index contributed by atoms with van der Waals surface area (Å²) in [6.45, 7) is 4.14. The van der Waals surface area contributed by atoms with Crippen molar-refractivity contribution in [3.8, 4) is 11.5 Å². The number of halogens is 1. The van der Waals surface area contributed by atoms with Crippen molar-refractivity contribution in [2.45, 2.75) is 20.3 Å². The Labute approximate surface area is 230 Å². The van der Waals surface area contributed by atoms with E-state index >= 15 is 0 Å². The second-order valence-corrected chi connectivity index (χ2v) is 10.1. The zero-order chi connectivity index (χ0) is 26.4. The van der Waals surface area contributed by atoms with Gasteiger partial charge in [0.15, 0.2) is 22.4 Å². The van der Waals surface area contributed by atoms with Crippen molar-refractivity contribution < 1.29 is 19.1 Å². The SMILES string of the molecule is CCOc1cc(/C=C2\SC(=S)N(c3ccc(Cl)cc3)C2=O)ccc1OCC(=O)Nc1ccccc1CC. The molecule has 3 aromatic rings. The largest absolute Gasteiger partial charge is 0.490 e. The third-order valence-electron chi connectivity index (χ3n) is 5.48. The summed E-state index contributed by atoms with van der Waals surface area (Å²) in [5.41, 5.74) is 3.23. The smallest absolute Gasteiger partial charge is 0.270 e. The minimum Gasteiger partial charge on any atom is -0.490 e. The Hall–Kier alpha value is -3.33. The predicted molar refractivity (Wildman–Crippen MR) is 155 cm³/mol. The van der Waals surface area contributed by atoms with Gasteiger partial charge in [0.1, 0.15) is 0 Å². The topological polar surface area (TPSA) is 67.9 Å². The molecular weight excluding hydrogens is 528 g/mol. The molecule has 9 heteroatoms. The van der Waals surface area contributed by atoms with Crippen molar-refractivity contribution in [1.29, 1.82) is 0 Å². The first-order valence-corrected chi connectivity index (χ1v) is 13.3. The fourth-order valence-electron chi connectivity index (χ4n) is 3.71. The van der Waals surface area contributed by atoms with E-state index in [0.29, 0.717) is 38.0 Å². The molecule has 3 aromatic carbocycles. The zero-order valence-corrected chi connectivity index (χ0v) is 22.7. The van der Waals surface area contributed by atoms with Crippen LogP contribution >= 0.6 is 35.6 Å². The number of carbonyl (C=O) groups is 2. The van der Waals surface area contributed by atoms with Crippen LogP contribution in [-0.4, -0.2) is 29.3 Å². The monoisotopic (exact) mass is 552 g/mol. The van der Waals surface area contributed by atoms with E-state index in [1.54, 1.807) is 48.5 Å². The average Bonchev–Trinajstić information content (AvgIpc) is 3.17. The normalized spacial score (nSPS) is 14.2. The second kappa shape index (κ2) is 12.3. The van der Waals surface area contributed by atoms with E-state index in [2.05, 4.69) is 5.32 Å². The predicted octanol–water partition coefficient (Wildman–Crippen LogP) is 6.72. The van der Waals surface area contributed by atoms with Gasteiger partial charge in [-0.3, -0.25) is 14.5 Å². The molecule has 1 heterocycles. The van der Waals surface area contributed by atoms with Gasteiger partial charge in [-0.25, -0.2) is 0 Å². The van der Waals surface area contributed by atoms with E-state index in [1.165, 1.54) is 16.7 Å². The lowest BCUT2D eigenvalue weighted by molar-refractivity contribution is -0.118. The lowest BCUT2D eigenvalue weighted by Crippen LogP contribution is -2.27. The van der Waals surface area contributed by atoms with Gasteiger partial charge in [0.2, 0.25) is 0 Å². The van der Waals surface area contributed by atoms with E-state index < -0.39 is 0 Å². The number of amides is 2. The summed E-state index contributed by atoms with van der Waals surface area (Å²) in [4.78, 5) is 27.6. The number of benzene rings is 3. The molecule has 0 saturated carbocycles. The molecule has 1 saturated heterocycles. The maximum atomic E-state index is 13.1. The van der Waals surface area contributed by atoms with Crippen LogP contribution in [0.1, 0.15) is 25.0 Å². The summed E-state index contributed by atoms with van der Waals surface area (Å²) < 4.78 is 12.0. The number of nitrogens with one attached hydrogen (secondary N) is 1. The third-order valence-corrected chi connectivity index (χ3v) is 7.03. The van der Waals surface area contributed by atoms with Gasteiger partial charge in [0, 0.05) is 10.7 Å². The Kier molecular flexibility index (Phi) is 8.87. The highest BCUT2D eigenvalue weighted by Gasteiger charge is 2.33. The maximum Gasteiger partial charge on any atom is 0.270 e. The van der Waals surface area contributed by atoms with E-state index in [1.807, 2.05) is 38.1 Å². The molecule has 0 spiro atoms. The van der Waals surface area contributed by atoms with Crippen LogP contribution in [0, 0.1) is 0 Å². The van der Waals surface area contributed by atoms with Crippen molar-refractivity contribution in [2.75, 3.05) is 23.4 Å². The molecule has 0 radical (unpaired) electrons. The summed E-state index contributed by atoms with van der Waals surface area (Å²) in [6.07, 6.45) is 2.57. The van der Waals surface area contributed by atoms with E-state index in [-0.39, 0.29) is 18.4 Å². The van der Waals surface area contributed by atoms with Crippen molar-refractivity contribution >= 4 is 69.2 Å². The molecule has 1 aliphatic rings. The molecule has 0 aliphatic carbocycles. The number of aryl methyl sites for hydroxylation is 1. The van der Waals surface area contributed by atoms with Gasteiger partial charge in [-0.2, -0.15) is 0 Å². The van der Waals surface area contributed by atoms with E-state index in [9.17, 15) is 9.59 Å². The number of carbonyl (C=O) groups excluding carboxylic acids is 2. The Morgan fingerprint density at radius 3 is 2.54 bits per heavy atom. The lowest BCUT2D eigenvalue weighted by Gasteiger charge is -2.14. The number of anilines is 2. The molecule has 2 amide bonds. The minimum absolute atomic E-state index is 0.169. The van der Waals surface area contributed by atoms with Crippen molar-refractivity contribution in [3.63, 3.8) is 0 Å². The first kappa shape index (κ1) is 26.7. The Balaban J connectivity index is 1.47. The molecule has 0 bridgehead atoms. The van der Waals surface area contributed by atoms with Crippen LogP contribution in [0.25, 0.3) is 6.08 Å². The number of nitrogens with zero attached hydrogens (tertiary/aromatic N) is 1. The highest BCUT2D eigenvalue weighted by Crippen LogP contribution is 2.37. The average molecular weight is 553 g/mol. The first-order valence-electron chi connectivity index (χ1n) is 11.7. The summed E-state index contributed by atoms with van der Waals surface area (Å²) >= 11 is 12.6. The summed E-state index contributed by atoms with van der Waals surface area (Å²) in [5.74, 6) is 0.441. The number of para-hydroxylation sites is 1. The number of thioether (sulfide) groups is 1. The van der Waals surface area contributed by atoms with Crippen LogP contribution in [0.5, 0.6) is 11.5 Å². The van der Waals surface area contributed by atoms with Crippen molar-refractivity contribution in [1.82, 2.24) is 0 Å². The lowest BCUT2D eigenvalue weighted by atomic mass is 10.1. The molecule has 0 aromatic heterocycles. The highest BCUT2D eigenvalue weighted by atomic mass is 35.5. The molecule has 4 rings (SSSR count). The second-order valence-electron chi connectivity index (χ2n) is 7.98. The molecule has 190 valence electrons. The van der Waals surface area contributed by atoms with Gasteiger partial charge in [0.05, 0.1) is 17.2 Å². The summed E-state index contributed by atoms with van der Waals surface area (Å²) in [7, 11) is 0. The Morgan fingerprint density at radius 1 is 1.05 bits per heavy atom. The van der Waals surface area contributed by atoms with Gasteiger partial charge < -0.3 is 14.8 Å². The van der Waals surface area contributed by atoms with Crippen LogP contribution in [0.15, 0.2) is 71.6 Å². The molecule has 0 unspecified atom stereocenters. The molecule has 1 aliphatic heterocycles. The summed E-state index contributed by atoms with van der Waals surface area (Å²) in [6, 6.07) is 19.9. The first-order chi connectivity index (χ1) is 17.9. The number of hydrogen-bond donors (Lipinski definition) is 1. The van der Waals surface area contributed by atoms with Gasteiger partial charge >= 0.3 is 0 Å². The third kappa shape index (κ3) is 6.52. The maximum absolute atomic E-state index is 13.1. The molecule has 37 heavy (non-hydrogen) atoms. The zero-order valence-electron chi connectivity index (χ0n) is 20.3. The molecule has 6 nitrogen and oxygen atoms in total. The fourth-order valence-corrected chi connectivity index (χ4v) is 5.14. The Morgan fingerprint density at radius 2 is 1.81 bits per heavy atom. The van der Waals surface area contributed by atoms with Crippen LogP contribution < -0.4 is 19.7 Å². The number of hydrogen-bond acceptors (Lipinski definition) is 6. The van der Waals surface area contributed by atoms with Crippen LogP contribution in [0.3, 0.4) is 0 Å². The van der Waals surface area contributed by atoms with Gasteiger partial charge in [0.25, 0.3) is 11.8 Å². The highest BCUT2D eigenvalue weighted by molar-refractivity contribution is 8.27. The van der Waals surface area contributed by atoms with E-state index in [0.717, 1.165) is 23.2 Å². The standard InChI is InChI=1S/C28H25ClN2O4S2/c1-3-19-7-5-6-8-22(19)30-26(32)17-35-23-14-9-18(15-24(23)34-4-2)16-25-27(33)31(28(36)37-25)21-12-10-20(29)11-13-21/h5-16H,3-4,17H2,1-2H3,(H,30,32)/b25-16-.